The van der Waals surface area contributed by atoms with Gasteiger partial charge >= 0.3 is 5.97 Å². The fourth-order valence-electron chi connectivity index (χ4n) is 2.26. The number of anilines is 1. The van der Waals surface area contributed by atoms with E-state index in [1.807, 2.05) is 19.9 Å². The van der Waals surface area contributed by atoms with Crippen LogP contribution in [-0.2, 0) is 9.53 Å². The predicted octanol–water partition coefficient (Wildman–Crippen LogP) is 5.45. The van der Waals surface area contributed by atoms with Gasteiger partial charge in [0.05, 0.1) is 21.3 Å². The highest BCUT2D eigenvalue weighted by molar-refractivity contribution is 6.42. The van der Waals surface area contributed by atoms with Gasteiger partial charge in [0, 0.05) is 5.02 Å². The fourth-order valence-corrected chi connectivity index (χ4v) is 3.17. The minimum Gasteiger partial charge on any atom is -0.449 e. The van der Waals surface area contributed by atoms with Crippen LogP contribution in [0.5, 0.6) is 0 Å². The van der Waals surface area contributed by atoms with Gasteiger partial charge in [0.1, 0.15) is 0 Å². The summed E-state index contributed by atoms with van der Waals surface area (Å²) in [7, 11) is 0. The molecule has 0 aliphatic rings. The number of carbonyl (C=O) groups is 2. The van der Waals surface area contributed by atoms with E-state index in [0.717, 1.165) is 11.1 Å². The van der Waals surface area contributed by atoms with Crippen molar-refractivity contribution in [3.8, 4) is 0 Å². The lowest BCUT2D eigenvalue weighted by molar-refractivity contribution is -0.123. The number of ether oxygens (including phenoxy) is 1. The Morgan fingerprint density at radius 3 is 2.00 bits per heavy atom. The maximum Gasteiger partial charge on any atom is 0.338 e. The molecule has 1 amide bonds. The summed E-state index contributed by atoms with van der Waals surface area (Å²) in [6.07, 6.45) is -1.03. The number of amides is 1. The largest absolute Gasteiger partial charge is 0.449 e. The third kappa shape index (κ3) is 5.11. The van der Waals surface area contributed by atoms with E-state index in [-0.39, 0.29) is 15.7 Å². The summed E-state index contributed by atoms with van der Waals surface area (Å²) in [6.45, 7) is 5.22. The zero-order valence-electron chi connectivity index (χ0n) is 13.8. The minimum atomic E-state index is -1.03. The molecule has 0 heterocycles. The average Bonchev–Trinajstić information content (AvgIpc) is 2.49. The smallest absolute Gasteiger partial charge is 0.338 e. The molecule has 2 aromatic rings. The lowest BCUT2D eigenvalue weighted by atomic mass is 10.1. The molecule has 0 aliphatic heterocycles. The molecule has 7 heteroatoms. The maximum absolute atomic E-state index is 12.3. The number of nitrogens with one attached hydrogen (secondary N) is 1. The van der Waals surface area contributed by atoms with Crippen molar-refractivity contribution in [2.75, 3.05) is 5.32 Å². The van der Waals surface area contributed by atoms with Gasteiger partial charge in [-0.25, -0.2) is 4.79 Å². The first-order valence-corrected chi connectivity index (χ1v) is 8.55. The predicted molar refractivity (Wildman–Crippen MR) is 101 cm³/mol. The lowest BCUT2D eigenvalue weighted by Crippen LogP contribution is -2.30. The molecule has 0 spiro atoms. The molecule has 25 heavy (non-hydrogen) atoms. The van der Waals surface area contributed by atoms with Crippen molar-refractivity contribution in [1.29, 1.82) is 0 Å². The molecule has 0 aromatic heterocycles. The van der Waals surface area contributed by atoms with E-state index in [0.29, 0.717) is 10.6 Å². The van der Waals surface area contributed by atoms with Gasteiger partial charge in [-0.05, 0) is 45.0 Å². The first-order chi connectivity index (χ1) is 11.7. The van der Waals surface area contributed by atoms with Gasteiger partial charge < -0.3 is 10.1 Å². The highest BCUT2D eigenvalue weighted by atomic mass is 35.5. The Kier molecular flexibility index (Phi) is 6.33. The van der Waals surface area contributed by atoms with E-state index in [4.69, 9.17) is 39.5 Å². The van der Waals surface area contributed by atoms with Crippen LogP contribution >= 0.6 is 34.8 Å². The molecule has 0 bridgehead atoms. The molecular weight excluding hydrogens is 385 g/mol. The molecule has 0 saturated heterocycles. The van der Waals surface area contributed by atoms with Gasteiger partial charge in [0.15, 0.2) is 6.10 Å². The first kappa shape index (κ1) is 19.6. The number of benzene rings is 2. The van der Waals surface area contributed by atoms with E-state index in [2.05, 4.69) is 5.32 Å². The first-order valence-electron chi connectivity index (χ1n) is 7.42. The Hall–Kier alpha value is -1.75. The zero-order valence-corrected chi connectivity index (χ0v) is 16.1. The van der Waals surface area contributed by atoms with E-state index in [9.17, 15) is 9.59 Å². The summed E-state index contributed by atoms with van der Waals surface area (Å²) in [5.41, 5.74) is 2.47. The average molecular weight is 401 g/mol. The Labute approximate surface area is 161 Å². The van der Waals surface area contributed by atoms with Crippen LogP contribution in [-0.4, -0.2) is 18.0 Å². The van der Waals surface area contributed by atoms with Crippen LogP contribution in [0.1, 0.15) is 28.4 Å². The highest BCUT2D eigenvalue weighted by Gasteiger charge is 2.21. The van der Waals surface area contributed by atoms with Crippen LogP contribution in [0.4, 0.5) is 5.69 Å². The number of hydrogen-bond donors (Lipinski definition) is 1. The van der Waals surface area contributed by atoms with Crippen LogP contribution in [0, 0.1) is 13.8 Å². The summed E-state index contributed by atoms with van der Waals surface area (Å²) in [5, 5.41) is 3.28. The second-order valence-electron chi connectivity index (χ2n) is 5.66. The van der Waals surface area contributed by atoms with Gasteiger partial charge in [-0.15, -0.1) is 0 Å². The summed E-state index contributed by atoms with van der Waals surface area (Å²) < 4.78 is 5.22. The van der Waals surface area contributed by atoms with Crippen molar-refractivity contribution < 1.29 is 14.3 Å². The molecule has 4 nitrogen and oxygen atoms in total. The number of carbonyl (C=O) groups excluding carboxylic acids is 2. The number of aryl methyl sites for hydroxylation is 2. The Morgan fingerprint density at radius 1 is 0.960 bits per heavy atom. The summed E-state index contributed by atoms with van der Waals surface area (Å²) in [6, 6.07) is 8.25. The van der Waals surface area contributed by atoms with Crippen LogP contribution in [0.2, 0.25) is 15.1 Å². The molecule has 0 fully saturated rings. The van der Waals surface area contributed by atoms with Crippen molar-refractivity contribution in [3.05, 3.63) is 62.1 Å². The normalized spacial score (nSPS) is 11.8. The molecule has 1 N–H and O–H groups in total. The van der Waals surface area contributed by atoms with E-state index in [1.54, 1.807) is 12.1 Å². The molecule has 0 saturated carbocycles. The minimum absolute atomic E-state index is 0.193. The van der Waals surface area contributed by atoms with Gasteiger partial charge in [-0.1, -0.05) is 52.0 Å². The van der Waals surface area contributed by atoms with Crippen molar-refractivity contribution in [2.45, 2.75) is 26.9 Å². The summed E-state index contributed by atoms with van der Waals surface area (Å²) >= 11 is 17.9. The maximum atomic E-state index is 12.3. The molecule has 0 aliphatic carbocycles. The molecule has 1 atom stereocenters. The Balaban J connectivity index is 2.09. The molecule has 132 valence electrons. The van der Waals surface area contributed by atoms with Crippen molar-refractivity contribution in [3.63, 3.8) is 0 Å². The number of esters is 1. The van der Waals surface area contributed by atoms with Crippen molar-refractivity contribution in [1.82, 2.24) is 0 Å². The Bertz CT molecular complexity index is 793. The van der Waals surface area contributed by atoms with Crippen LogP contribution in [0.25, 0.3) is 0 Å². The molecule has 0 unspecified atom stereocenters. The monoisotopic (exact) mass is 399 g/mol. The van der Waals surface area contributed by atoms with E-state index in [1.165, 1.54) is 19.1 Å². The van der Waals surface area contributed by atoms with Gasteiger partial charge in [0.2, 0.25) is 0 Å². The number of halogens is 3. The molecule has 2 rings (SSSR count). The third-order valence-electron chi connectivity index (χ3n) is 3.37. The Morgan fingerprint density at radius 2 is 1.48 bits per heavy atom. The molecule has 0 radical (unpaired) electrons. The highest BCUT2D eigenvalue weighted by Crippen LogP contribution is 2.33. The summed E-state index contributed by atoms with van der Waals surface area (Å²) in [5.74, 6) is -1.13. The second kappa shape index (κ2) is 8.09. The number of rotatable bonds is 4. The van der Waals surface area contributed by atoms with E-state index < -0.39 is 18.0 Å². The van der Waals surface area contributed by atoms with Gasteiger partial charge in [-0.3, -0.25) is 4.79 Å². The summed E-state index contributed by atoms with van der Waals surface area (Å²) in [4.78, 5) is 24.5. The van der Waals surface area contributed by atoms with Crippen LogP contribution < -0.4 is 5.32 Å². The quantitative estimate of drug-likeness (QED) is 0.694. The van der Waals surface area contributed by atoms with Crippen molar-refractivity contribution >= 4 is 52.4 Å². The van der Waals surface area contributed by atoms with Gasteiger partial charge in [0.25, 0.3) is 5.91 Å². The van der Waals surface area contributed by atoms with Crippen LogP contribution in [0.15, 0.2) is 30.3 Å². The lowest BCUT2D eigenvalue weighted by Gasteiger charge is -2.15. The molecular formula is C18H16Cl3NO3. The zero-order chi connectivity index (χ0) is 18.7. The second-order valence-corrected chi connectivity index (χ2v) is 6.91. The van der Waals surface area contributed by atoms with E-state index >= 15 is 0 Å². The van der Waals surface area contributed by atoms with Gasteiger partial charge in [-0.2, -0.15) is 0 Å². The standard InChI is InChI=1S/C18H16Cl3NO3/c1-9-4-10(2)6-12(5-9)18(24)25-11(3)17(23)22-16-14(20)7-13(19)8-15(16)21/h4-8,11H,1-3H3,(H,22,23)/t11-/m0/s1. The topological polar surface area (TPSA) is 55.4 Å². The van der Waals surface area contributed by atoms with Crippen molar-refractivity contribution in [2.24, 2.45) is 0 Å². The number of hydrogen-bond acceptors (Lipinski definition) is 3. The third-order valence-corrected chi connectivity index (χ3v) is 4.18. The molecule has 2 aromatic carbocycles. The SMILES string of the molecule is Cc1cc(C)cc(C(=O)O[C@@H](C)C(=O)Nc2c(Cl)cc(Cl)cc2Cl)c1. The van der Waals surface area contributed by atoms with Crippen LogP contribution in [0.3, 0.4) is 0 Å². The fraction of sp³-hybridized carbons (Fsp3) is 0.222.